The highest BCUT2D eigenvalue weighted by Crippen LogP contribution is 2.27. The van der Waals surface area contributed by atoms with E-state index in [2.05, 4.69) is 31.0 Å². The molecule has 1 aromatic carbocycles. The van der Waals surface area contributed by atoms with E-state index in [0.29, 0.717) is 11.6 Å². The molecule has 0 aliphatic rings. The molecule has 2 aromatic heterocycles. The summed E-state index contributed by atoms with van der Waals surface area (Å²) in [6.07, 6.45) is 3.17. The number of aryl methyl sites for hydroxylation is 1. The number of fused-ring (bicyclic) bond motifs is 1. The van der Waals surface area contributed by atoms with Crippen LogP contribution in [0.15, 0.2) is 41.3 Å². The van der Waals surface area contributed by atoms with Gasteiger partial charge in [-0.1, -0.05) is 22.0 Å². The first-order chi connectivity index (χ1) is 8.74. The number of aromatic nitrogens is 4. The Morgan fingerprint density at radius 2 is 2.17 bits per heavy atom. The van der Waals surface area contributed by atoms with Gasteiger partial charge in [-0.15, -0.1) is 0 Å². The highest BCUT2D eigenvalue weighted by atomic mass is 79.9. The van der Waals surface area contributed by atoms with Crippen molar-refractivity contribution in [3.05, 3.63) is 41.3 Å². The predicted octanol–water partition coefficient (Wildman–Crippen LogP) is 2.92. The third-order valence-electron chi connectivity index (χ3n) is 2.50. The van der Waals surface area contributed by atoms with E-state index in [9.17, 15) is 0 Å². The monoisotopic (exact) mass is 304 g/mol. The van der Waals surface area contributed by atoms with E-state index >= 15 is 0 Å². The zero-order valence-corrected chi connectivity index (χ0v) is 11.1. The molecule has 0 amide bonds. The van der Waals surface area contributed by atoms with Crippen LogP contribution >= 0.6 is 15.9 Å². The van der Waals surface area contributed by atoms with Crippen molar-refractivity contribution in [2.24, 2.45) is 7.05 Å². The summed E-state index contributed by atoms with van der Waals surface area (Å²) < 4.78 is 8.39. The van der Waals surface area contributed by atoms with Crippen LogP contribution in [0.1, 0.15) is 0 Å². The molecule has 0 aliphatic carbocycles. The van der Waals surface area contributed by atoms with Gasteiger partial charge in [0.05, 0.1) is 6.20 Å². The summed E-state index contributed by atoms with van der Waals surface area (Å²) in [5.41, 5.74) is 0.745. The second-order valence-corrected chi connectivity index (χ2v) is 4.66. The van der Waals surface area contributed by atoms with Crippen LogP contribution in [-0.2, 0) is 7.05 Å². The lowest BCUT2D eigenvalue weighted by atomic mass is 10.3. The lowest BCUT2D eigenvalue weighted by Gasteiger charge is -2.05. The summed E-state index contributed by atoms with van der Waals surface area (Å²) in [6.45, 7) is 0. The third-order valence-corrected chi connectivity index (χ3v) is 3.00. The lowest BCUT2D eigenvalue weighted by molar-refractivity contribution is 0.468. The Labute approximate surface area is 112 Å². The smallest absolute Gasteiger partial charge is 0.233 e. The van der Waals surface area contributed by atoms with Gasteiger partial charge in [0.1, 0.15) is 17.5 Å². The Morgan fingerprint density at radius 3 is 3.00 bits per heavy atom. The van der Waals surface area contributed by atoms with Crippen molar-refractivity contribution in [1.82, 2.24) is 19.7 Å². The maximum absolute atomic E-state index is 5.75. The Hall–Kier alpha value is -1.95. The number of hydrogen-bond acceptors (Lipinski definition) is 4. The van der Waals surface area contributed by atoms with Crippen LogP contribution in [-0.4, -0.2) is 19.7 Å². The molecule has 0 radical (unpaired) electrons. The molecule has 0 N–H and O–H groups in total. The summed E-state index contributed by atoms with van der Waals surface area (Å²) in [4.78, 5) is 8.30. The minimum absolute atomic E-state index is 0.506. The van der Waals surface area contributed by atoms with Gasteiger partial charge in [0.15, 0.2) is 5.65 Å². The first-order valence-electron chi connectivity index (χ1n) is 5.30. The van der Waals surface area contributed by atoms with Crippen molar-refractivity contribution >= 4 is 27.0 Å². The quantitative estimate of drug-likeness (QED) is 0.730. The second-order valence-electron chi connectivity index (χ2n) is 3.74. The summed E-state index contributed by atoms with van der Waals surface area (Å²) in [7, 11) is 1.83. The minimum Gasteiger partial charge on any atom is -0.438 e. The van der Waals surface area contributed by atoms with Crippen LogP contribution in [0.2, 0.25) is 0 Å². The molecule has 0 aliphatic heterocycles. The van der Waals surface area contributed by atoms with Crippen molar-refractivity contribution in [3.8, 4) is 11.6 Å². The van der Waals surface area contributed by atoms with E-state index in [0.717, 1.165) is 15.5 Å². The largest absolute Gasteiger partial charge is 0.438 e. The molecule has 0 unspecified atom stereocenters. The molecule has 0 saturated carbocycles. The number of ether oxygens (including phenoxy) is 1. The summed E-state index contributed by atoms with van der Waals surface area (Å²) in [6, 6.07) is 7.59. The van der Waals surface area contributed by atoms with E-state index in [4.69, 9.17) is 4.74 Å². The van der Waals surface area contributed by atoms with Crippen molar-refractivity contribution in [2.75, 3.05) is 0 Å². The molecule has 18 heavy (non-hydrogen) atoms. The van der Waals surface area contributed by atoms with Crippen molar-refractivity contribution in [1.29, 1.82) is 0 Å². The van der Waals surface area contributed by atoms with Crippen LogP contribution in [0.5, 0.6) is 11.6 Å². The number of hydrogen-bond donors (Lipinski definition) is 0. The van der Waals surface area contributed by atoms with E-state index < -0.39 is 0 Å². The molecule has 2 heterocycles. The average molecular weight is 305 g/mol. The fourth-order valence-corrected chi connectivity index (χ4v) is 2.04. The van der Waals surface area contributed by atoms with Gasteiger partial charge in [-0.2, -0.15) is 5.10 Å². The zero-order chi connectivity index (χ0) is 12.5. The van der Waals surface area contributed by atoms with Crippen LogP contribution in [0.3, 0.4) is 0 Å². The molecular weight excluding hydrogens is 296 g/mol. The molecule has 5 nitrogen and oxygen atoms in total. The number of rotatable bonds is 2. The summed E-state index contributed by atoms with van der Waals surface area (Å²) in [5.74, 6) is 1.22. The molecule has 6 heteroatoms. The molecule has 0 bridgehead atoms. The molecule has 3 aromatic rings. The zero-order valence-electron chi connectivity index (χ0n) is 9.54. The Balaban J connectivity index is 2.05. The highest BCUT2D eigenvalue weighted by Gasteiger charge is 2.09. The topological polar surface area (TPSA) is 52.8 Å². The van der Waals surface area contributed by atoms with Crippen molar-refractivity contribution < 1.29 is 4.74 Å². The SMILES string of the molecule is Cn1ncc2c(Oc3cccc(Br)c3)ncnc21. The number of benzene rings is 1. The molecule has 0 spiro atoms. The third kappa shape index (κ3) is 1.95. The molecule has 3 rings (SSSR count). The van der Waals surface area contributed by atoms with Gasteiger partial charge in [0, 0.05) is 11.5 Å². The van der Waals surface area contributed by atoms with Gasteiger partial charge in [-0.05, 0) is 18.2 Å². The van der Waals surface area contributed by atoms with Crippen LogP contribution < -0.4 is 4.74 Å². The molecular formula is C12H9BrN4O. The van der Waals surface area contributed by atoms with Crippen LogP contribution in [0, 0.1) is 0 Å². The maximum atomic E-state index is 5.75. The Bertz CT molecular complexity index is 710. The Kier molecular flexibility index (Phi) is 2.71. The van der Waals surface area contributed by atoms with Gasteiger partial charge < -0.3 is 4.74 Å². The van der Waals surface area contributed by atoms with Gasteiger partial charge in [0.2, 0.25) is 5.88 Å². The van der Waals surface area contributed by atoms with E-state index in [1.54, 1.807) is 10.9 Å². The highest BCUT2D eigenvalue weighted by molar-refractivity contribution is 9.10. The molecule has 0 atom stereocenters. The number of halogens is 1. The van der Waals surface area contributed by atoms with Crippen molar-refractivity contribution in [3.63, 3.8) is 0 Å². The van der Waals surface area contributed by atoms with Crippen LogP contribution in [0.4, 0.5) is 0 Å². The predicted molar refractivity (Wildman–Crippen MR) is 70.5 cm³/mol. The molecule has 0 fully saturated rings. The summed E-state index contributed by atoms with van der Waals surface area (Å²) >= 11 is 3.40. The van der Waals surface area contributed by atoms with Gasteiger partial charge >= 0.3 is 0 Å². The Morgan fingerprint density at radius 1 is 1.28 bits per heavy atom. The van der Waals surface area contributed by atoms with Crippen molar-refractivity contribution in [2.45, 2.75) is 0 Å². The first kappa shape index (κ1) is 11.2. The lowest BCUT2D eigenvalue weighted by Crippen LogP contribution is -1.94. The standard InChI is InChI=1S/C12H9BrN4O/c1-17-11-10(6-16-17)12(15-7-14-11)18-9-4-2-3-8(13)5-9/h2-7H,1H3. The second kappa shape index (κ2) is 4.38. The molecule has 0 saturated heterocycles. The van der Waals surface area contributed by atoms with Crippen LogP contribution in [0.25, 0.3) is 11.0 Å². The average Bonchev–Trinajstić information content (AvgIpc) is 2.73. The first-order valence-corrected chi connectivity index (χ1v) is 6.09. The van der Waals surface area contributed by atoms with E-state index in [1.165, 1.54) is 6.33 Å². The van der Waals surface area contributed by atoms with E-state index in [1.807, 2.05) is 31.3 Å². The maximum Gasteiger partial charge on any atom is 0.233 e. The van der Waals surface area contributed by atoms with Gasteiger partial charge in [-0.3, -0.25) is 4.68 Å². The normalized spacial score (nSPS) is 10.8. The molecule has 90 valence electrons. The summed E-state index contributed by atoms with van der Waals surface area (Å²) in [5, 5.41) is 4.93. The minimum atomic E-state index is 0.506. The van der Waals surface area contributed by atoms with Gasteiger partial charge in [0.25, 0.3) is 0 Å². The number of nitrogens with zero attached hydrogens (tertiary/aromatic N) is 4. The van der Waals surface area contributed by atoms with E-state index in [-0.39, 0.29) is 0 Å². The fourth-order valence-electron chi connectivity index (χ4n) is 1.66. The van der Waals surface area contributed by atoms with Gasteiger partial charge in [-0.25, -0.2) is 9.97 Å². The fraction of sp³-hybridized carbons (Fsp3) is 0.0833.